The lowest BCUT2D eigenvalue weighted by molar-refractivity contribution is -0.137. The van der Waals surface area contributed by atoms with Crippen molar-refractivity contribution in [3.63, 3.8) is 0 Å². The van der Waals surface area contributed by atoms with E-state index in [-0.39, 0.29) is 28.7 Å². The number of nitrogens with zero attached hydrogens (tertiary/aromatic N) is 3. The predicted octanol–water partition coefficient (Wildman–Crippen LogP) is 4.64. The Balaban J connectivity index is 1.50. The number of benzene rings is 1. The minimum absolute atomic E-state index is 0.00403. The standard InChI is InChI=1S/C27H39F3N6O/c1-26(2,3)35-18-8-10-19(11-9-18)36-15-13-22(25(36)37)33-24-20-16-17(27(28,29)30)7-12-21(20)32-23(34-24)6-4-5-14-31/h7,12,16,18-19,22,35H,4-6,8-11,13-15,31H2,1-3H3,(H,32,33,34). The first-order valence-electron chi connectivity index (χ1n) is 13.4. The van der Waals surface area contributed by atoms with E-state index in [1.165, 1.54) is 6.07 Å². The Morgan fingerprint density at radius 3 is 2.43 bits per heavy atom. The van der Waals surface area contributed by atoms with Gasteiger partial charge in [-0.15, -0.1) is 0 Å². The van der Waals surface area contributed by atoms with Gasteiger partial charge in [0.15, 0.2) is 0 Å². The number of carbonyl (C=O) groups is 1. The van der Waals surface area contributed by atoms with Gasteiger partial charge < -0.3 is 21.3 Å². The van der Waals surface area contributed by atoms with Crippen LogP contribution in [0.5, 0.6) is 0 Å². The Bertz CT molecular complexity index is 1090. The summed E-state index contributed by atoms with van der Waals surface area (Å²) in [6, 6.07) is 3.62. The highest BCUT2D eigenvalue weighted by molar-refractivity contribution is 5.93. The van der Waals surface area contributed by atoms with Gasteiger partial charge in [-0.25, -0.2) is 9.97 Å². The molecule has 2 heterocycles. The summed E-state index contributed by atoms with van der Waals surface area (Å²) in [5, 5.41) is 7.14. The van der Waals surface area contributed by atoms with Crippen molar-refractivity contribution >= 4 is 22.6 Å². The molecule has 1 aliphatic carbocycles. The van der Waals surface area contributed by atoms with E-state index in [1.54, 1.807) is 0 Å². The quantitative estimate of drug-likeness (QED) is 0.439. The molecule has 1 saturated carbocycles. The number of anilines is 1. The van der Waals surface area contributed by atoms with Crippen LogP contribution < -0.4 is 16.4 Å². The molecule has 1 aliphatic heterocycles. The van der Waals surface area contributed by atoms with E-state index in [4.69, 9.17) is 5.73 Å². The van der Waals surface area contributed by atoms with Crippen LogP contribution >= 0.6 is 0 Å². The first-order valence-corrected chi connectivity index (χ1v) is 13.4. The molecule has 4 N–H and O–H groups in total. The second-order valence-corrected chi connectivity index (χ2v) is 11.4. The molecule has 4 rings (SSSR count). The zero-order chi connectivity index (χ0) is 26.8. The highest BCUT2D eigenvalue weighted by Crippen LogP contribution is 2.34. The van der Waals surface area contributed by atoms with Crippen LogP contribution in [0.3, 0.4) is 0 Å². The van der Waals surface area contributed by atoms with Crippen LogP contribution in [0.4, 0.5) is 19.0 Å². The number of hydrogen-bond donors (Lipinski definition) is 3. The van der Waals surface area contributed by atoms with Gasteiger partial charge in [0.25, 0.3) is 0 Å². The molecule has 2 fully saturated rings. The van der Waals surface area contributed by atoms with Crippen molar-refractivity contribution in [3.05, 3.63) is 29.6 Å². The molecule has 0 radical (unpaired) electrons. The molecule has 1 atom stereocenters. The number of fused-ring (bicyclic) bond motifs is 1. The minimum atomic E-state index is -4.48. The van der Waals surface area contributed by atoms with Crippen molar-refractivity contribution in [2.75, 3.05) is 18.4 Å². The summed E-state index contributed by atoms with van der Waals surface area (Å²) in [5.41, 5.74) is 5.33. The van der Waals surface area contributed by atoms with E-state index in [1.807, 2.05) is 4.90 Å². The number of hydrogen-bond acceptors (Lipinski definition) is 6. The number of aromatic nitrogens is 2. The van der Waals surface area contributed by atoms with Gasteiger partial charge in [0.2, 0.25) is 5.91 Å². The second kappa shape index (κ2) is 11.1. The van der Waals surface area contributed by atoms with Gasteiger partial charge in [-0.05, 0) is 90.5 Å². The normalized spacial score (nSPS) is 23.2. The molecule has 10 heteroatoms. The molecular weight excluding hydrogens is 481 g/mol. The Morgan fingerprint density at radius 1 is 1.05 bits per heavy atom. The molecule has 7 nitrogen and oxygen atoms in total. The lowest BCUT2D eigenvalue weighted by Crippen LogP contribution is -2.49. The molecular formula is C27H39F3N6O. The van der Waals surface area contributed by atoms with Crippen LogP contribution in [-0.2, 0) is 17.4 Å². The molecule has 1 unspecified atom stereocenters. The molecule has 1 aromatic carbocycles. The fourth-order valence-electron chi connectivity index (χ4n) is 5.51. The van der Waals surface area contributed by atoms with Gasteiger partial charge in [-0.1, -0.05) is 0 Å². The molecule has 2 aromatic rings. The topological polar surface area (TPSA) is 96.2 Å². The van der Waals surface area contributed by atoms with Crippen LogP contribution in [0.1, 0.15) is 77.1 Å². The van der Waals surface area contributed by atoms with Gasteiger partial charge in [0, 0.05) is 36.0 Å². The smallest absolute Gasteiger partial charge is 0.358 e. The maximum Gasteiger partial charge on any atom is 0.416 e. The number of unbranched alkanes of at least 4 members (excludes halogenated alkanes) is 1. The summed E-state index contributed by atoms with van der Waals surface area (Å²) in [6.45, 7) is 7.68. The SMILES string of the molecule is CC(C)(C)NC1CCC(N2CCC(Nc3nc(CCCCN)nc4ccc(C(F)(F)F)cc34)C2=O)CC1. The number of likely N-dealkylation sites (tertiary alicyclic amines) is 1. The average molecular weight is 521 g/mol. The Kier molecular flexibility index (Phi) is 8.28. The van der Waals surface area contributed by atoms with E-state index in [9.17, 15) is 18.0 Å². The van der Waals surface area contributed by atoms with Crippen molar-refractivity contribution < 1.29 is 18.0 Å². The summed E-state index contributed by atoms with van der Waals surface area (Å²) in [4.78, 5) is 24.4. The highest BCUT2D eigenvalue weighted by atomic mass is 19.4. The molecule has 1 amide bonds. The molecule has 1 saturated heterocycles. The maximum atomic E-state index is 13.4. The van der Waals surface area contributed by atoms with Crippen LogP contribution in [-0.4, -0.2) is 57.5 Å². The van der Waals surface area contributed by atoms with Gasteiger partial charge >= 0.3 is 6.18 Å². The van der Waals surface area contributed by atoms with E-state index in [0.717, 1.165) is 50.7 Å². The van der Waals surface area contributed by atoms with E-state index in [0.29, 0.717) is 43.3 Å². The van der Waals surface area contributed by atoms with Crippen molar-refractivity contribution in [2.24, 2.45) is 5.73 Å². The van der Waals surface area contributed by atoms with Crippen molar-refractivity contribution in [3.8, 4) is 0 Å². The third-order valence-electron chi connectivity index (χ3n) is 7.25. The van der Waals surface area contributed by atoms with Crippen LogP contribution in [0.15, 0.2) is 18.2 Å². The number of aryl methyl sites for hydroxylation is 1. The third-order valence-corrected chi connectivity index (χ3v) is 7.25. The number of rotatable bonds is 8. The summed E-state index contributed by atoms with van der Waals surface area (Å²) in [6.07, 6.45) is 2.20. The summed E-state index contributed by atoms with van der Waals surface area (Å²) < 4.78 is 40.3. The Labute approximate surface area is 216 Å². The average Bonchev–Trinajstić information content (AvgIpc) is 3.18. The number of alkyl halides is 3. The highest BCUT2D eigenvalue weighted by Gasteiger charge is 2.38. The molecule has 0 spiro atoms. The molecule has 37 heavy (non-hydrogen) atoms. The number of amides is 1. The van der Waals surface area contributed by atoms with E-state index in [2.05, 4.69) is 41.4 Å². The monoisotopic (exact) mass is 520 g/mol. The molecule has 2 aliphatic rings. The largest absolute Gasteiger partial charge is 0.416 e. The Morgan fingerprint density at radius 2 is 1.78 bits per heavy atom. The fraction of sp³-hybridized carbons (Fsp3) is 0.667. The number of halogens is 3. The molecule has 204 valence electrons. The molecule has 0 bridgehead atoms. The van der Waals surface area contributed by atoms with Crippen LogP contribution in [0.2, 0.25) is 0 Å². The predicted molar refractivity (Wildman–Crippen MR) is 139 cm³/mol. The first-order chi connectivity index (χ1) is 17.4. The first kappa shape index (κ1) is 27.6. The zero-order valence-corrected chi connectivity index (χ0v) is 22.0. The van der Waals surface area contributed by atoms with Crippen LogP contribution in [0, 0.1) is 0 Å². The Hall–Kier alpha value is -2.46. The third kappa shape index (κ3) is 6.90. The van der Waals surface area contributed by atoms with E-state index < -0.39 is 17.8 Å². The maximum absolute atomic E-state index is 13.4. The number of nitrogens with two attached hydrogens (primary N) is 1. The van der Waals surface area contributed by atoms with Gasteiger partial charge in [-0.3, -0.25) is 4.79 Å². The minimum Gasteiger partial charge on any atom is -0.358 e. The van der Waals surface area contributed by atoms with E-state index >= 15 is 0 Å². The second-order valence-electron chi connectivity index (χ2n) is 11.4. The summed E-state index contributed by atoms with van der Waals surface area (Å²) in [7, 11) is 0. The molecule has 1 aromatic heterocycles. The number of nitrogens with one attached hydrogen (secondary N) is 2. The zero-order valence-electron chi connectivity index (χ0n) is 22.0. The fourth-order valence-corrected chi connectivity index (χ4v) is 5.51. The summed E-state index contributed by atoms with van der Waals surface area (Å²) >= 11 is 0. The van der Waals surface area contributed by atoms with Crippen molar-refractivity contribution in [2.45, 2.75) is 102 Å². The van der Waals surface area contributed by atoms with Crippen LogP contribution in [0.25, 0.3) is 10.9 Å². The lowest BCUT2D eigenvalue weighted by atomic mass is 9.89. The lowest BCUT2D eigenvalue weighted by Gasteiger charge is -2.37. The number of carbonyl (C=O) groups excluding carboxylic acids is 1. The van der Waals surface area contributed by atoms with Gasteiger partial charge in [-0.2, -0.15) is 13.2 Å². The van der Waals surface area contributed by atoms with Gasteiger partial charge in [0.1, 0.15) is 17.7 Å². The van der Waals surface area contributed by atoms with Crippen molar-refractivity contribution in [1.29, 1.82) is 0 Å². The van der Waals surface area contributed by atoms with Gasteiger partial charge in [0.05, 0.1) is 11.1 Å². The summed E-state index contributed by atoms with van der Waals surface area (Å²) in [5.74, 6) is 0.822. The van der Waals surface area contributed by atoms with Crippen molar-refractivity contribution in [1.82, 2.24) is 20.2 Å².